The second-order valence-electron chi connectivity index (χ2n) is 16.3. The van der Waals surface area contributed by atoms with Crippen LogP contribution in [0, 0.1) is 40.4 Å². The van der Waals surface area contributed by atoms with Crippen molar-refractivity contribution in [1.82, 2.24) is 15.5 Å². The molecule has 2 saturated carbocycles. The van der Waals surface area contributed by atoms with E-state index in [-0.39, 0.29) is 16.9 Å². The number of aldehydes is 1. The minimum absolute atomic E-state index is 0.0966. The Bertz CT molecular complexity index is 1090. The second-order valence-corrected chi connectivity index (χ2v) is 16.3. The number of nitrogens with zero attached hydrogens (tertiary/aromatic N) is 1. The van der Waals surface area contributed by atoms with Gasteiger partial charge in [0.15, 0.2) is 0 Å². The number of nitrogens with one attached hydrogen (secondary N) is 2. The third-order valence-electron chi connectivity index (χ3n) is 10.9. The van der Waals surface area contributed by atoms with E-state index in [2.05, 4.69) is 82.2 Å². The van der Waals surface area contributed by atoms with Crippen LogP contribution in [0.25, 0.3) is 0 Å². The van der Waals surface area contributed by atoms with Gasteiger partial charge >= 0.3 is 0 Å². The first-order valence-electron chi connectivity index (χ1n) is 16.7. The fraction of sp³-hybridized carbons (Fsp3) is 0.778. The van der Waals surface area contributed by atoms with E-state index < -0.39 is 0 Å². The van der Waals surface area contributed by atoms with Crippen molar-refractivity contribution in [2.75, 3.05) is 19.6 Å². The molecule has 41 heavy (non-hydrogen) atoms. The van der Waals surface area contributed by atoms with Crippen LogP contribution in [0.3, 0.4) is 0 Å². The second kappa shape index (κ2) is 11.7. The Kier molecular flexibility index (Phi) is 8.69. The third kappa shape index (κ3) is 6.86. The normalized spacial score (nSPS) is 36.1. The zero-order valence-corrected chi connectivity index (χ0v) is 27.0. The minimum atomic E-state index is -0.0966. The van der Waals surface area contributed by atoms with Gasteiger partial charge < -0.3 is 20.3 Å². The van der Waals surface area contributed by atoms with Crippen LogP contribution in [0.1, 0.15) is 106 Å². The molecule has 2 aliphatic heterocycles. The van der Waals surface area contributed by atoms with Crippen LogP contribution < -0.4 is 10.6 Å². The molecule has 0 aromatic heterocycles. The topological polar surface area (TPSA) is 61.2 Å². The number of hydrogen-bond acceptors (Lipinski definition) is 4. The SMILES string of the molecule is CC1C(C(C)(C)C)=CC(CC(C)(C)C)NCC1[C@@H]1CCCCC(C2=CC(NCCC=O)=CC3(N4CC4=O)CC23)CC1. The lowest BCUT2D eigenvalue weighted by molar-refractivity contribution is -0.114. The summed E-state index contributed by atoms with van der Waals surface area (Å²) in [5.41, 5.74) is 4.74. The van der Waals surface area contributed by atoms with Crippen LogP contribution in [-0.4, -0.2) is 48.3 Å². The Hall–Kier alpha value is -1.88. The van der Waals surface area contributed by atoms with Gasteiger partial charge in [-0.3, -0.25) is 4.79 Å². The Morgan fingerprint density at radius 2 is 1.83 bits per heavy atom. The highest BCUT2D eigenvalue weighted by atomic mass is 16.2. The summed E-state index contributed by atoms with van der Waals surface area (Å²) in [5, 5.41) is 7.55. The first kappa shape index (κ1) is 30.6. The summed E-state index contributed by atoms with van der Waals surface area (Å²) in [7, 11) is 0. The maximum Gasteiger partial charge on any atom is 0.243 e. The lowest BCUT2D eigenvalue weighted by Crippen LogP contribution is -2.37. The molecule has 0 radical (unpaired) electrons. The standard InChI is InChI=1S/C36H57N3O2/c1-24-30(22-38-28(19-34(2,3)4)18-31(24)35(5,6)7)26-12-9-8-11-25(13-14-26)29-17-27(37-15-10-16-40)20-36(21-32(29)36)39-23-33(39)41/h16-18,20,24-26,28,30,32,37-38H,8-15,19,21-23H2,1-7H3/t24?,25?,26-,28?,30?,32?,36?,39?/m1/s1. The van der Waals surface area contributed by atoms with E-state index >= 15 is 0 Å². The predicted molar refractivity (Wildman–Crippen MR) is 168 cm³/mol. The van der Waals surface area contributed by atoms with Gasteiger partial charge in [-0.25, -0.2) is 0 Å². The quantitative estimate of drug-likeness (QED) is 0.147. The average Bonchev–Trinajstić information content (AvgIpc) is 3.77. The van der Waals surface area contributed by atoms with Crippen molar-refractivity contribution in [3.05, 3.63) is 35.1 Å². The van der Waals surface area contributed by atoms with Crippen molar-refractivity contribution in [3.63, 3.8) is 0 Å². The van der Waals surface area contributed by atoms with Gasteiger partial charge in [0.25, 0.3) is 0 Å². The molecule has 5 nitrogen and oxygen atoms in total. The summed E-state index contributed by atoms with van der Waals surface area (Å²) in [6.07, 6.45) is 18.8. The lowest BCUT2D eigenvalue weighted by Gasteiger charge is -2.38. The van der Waals surface area contributed by atoms with E-state index in [1.54, 1.807) is 11.1 Å². The van der Waals surface area contributed by atoms with Gasteiger partial charge in [-0.05, 0) is 85.3 Å². The third-order valence-corrected chi connectivity index (χ3v) is 10.9. The molecule has 0 bridgehead atoms. The van der Waals surface area contributed by atoms with Gasteiger partial charge in [0.05, 0.1) is 5.54 Å². The van der Waals surface area contributed by atoms with Crippen molar-refractivity contribution < 1.29 is 9.59 Å². The molecule has 5 rings (SSSR count). The van der Waals surface area contributed by atoms with Crippen LogP contribution in [-0.2, 0) is 9.59 Å². The van der Waals surface area contributed by atoms with Crippen LogP contribution in [0.15, 0.2) is 35.1 Å². The van der Waals surface area contributed by atoms with Crippen LogP contribution >= 0.6 is 0 Å². The monoisotopic (exact) mass is 563 g/mol. The Morgan fingerprint density at radius 1 is 1.10 bits per heavy atom. The maximum absolute atomic E-state index is 12.2. The summed E-state index contributed by atoms with van der Waals surface area (Å²) in [6.45, 7) is 19.2. The lowest BCUT2D eigenvalue weighted by atomic mass is 9.67. The number of amides is 1. The number of fused-ring (bicyclic) bond motifs is 1. The average molecular weight is 564 g/mol. The van der Waals surface area contributed by atoms with E-state index in [0.29, 0.717) is 54.6 Å². The number of carbonyl (C=O) groups excluding carboxylic acids is 2. The van der Waals surface area contributed by atoms with Gasteiger partial charge in [-0.1, -0.05) is 85.0 Å². The Morgan fingerprint density at radius 3 is 2.49 bits per heavy atom. The molecular formula is C36H57N3O2. The Labute approximate surface area is 250 Å². The molecule has 1 saturated heterocycles. The van der Waals surface area contributed by atoms with Gasteiger partial charge in [0.1, 0.15) is 12.8 Å². The Balaban J connectivity index is 1.32. The summed E-state index contributed by atoms with van der Waals surface area (Å²) >= 11 is 0. The molecule has 2 N–H and O–H groups in total. The first-order chi connectivity index (χ1) is 19.3. The molecule has 1 amide bonds. The van der Waals surface area contributed by atoms with Crippen LogP contribution in [0.5, 0.6) is 0 Å². The molecule has 0 spiro atoms. The largest absolute Gasteiger partial charge is 0.385 e. The van der Waals surface area contributed by atoms with Gasteiger partial charge in [-0.15, -0.1) is 0 Å². The van der Waals surface area contributed by atoms with Crippen molar-refractivity contribution >= 4 is 12.2 Å². The van der Waals surface area contributed by atoms with E-state index in [1.165, 1.54) is 44.9 Å². The highest BCUT2D eigenvalue weighted by molar-refractivity contribution is 5.94. The molecule has 2 heterocycles. The van der Waals surface area contributed by atoms with Crippen molar-refractivity contribution in [2.24, 2.45) is 40.4 Å². The van der Waals surface area contributed by atoms with Crippen molar-refractivity contribution in [2.45, 2.75) is 118 Å². The molecule has 3 aliphatic carbocycles. The number of hydrogen-bond donors (Lipinski definition) is 2. The molecule has 3 fully saturated rings. The molecule has 5 heteroatoms. The molecule has 228 valence electrons. The molecular weight excluding hydrogens is 506 g/mol. The fourth-order valence-electron chi connectivity index (χ4n) is 8.74. The van der Waals surface area contributed by atoms with Gasteiger partial charge in [0.2, 0.25) is 5.91 Å². The summed E-state index contributed by atoms with van der Waals surface area (Å²) in [6, 6.07) is 0.449. The molecule has 6 unspecified atom stereocenters. The summed E-state index contributed by atoms with van der Waals surface area (Å²) < 4.78 is 0. The maximum atomic E-state index is 12.2. The van der Waals surface area contributed by atoms with E-state index in [0.717, 1.165) is 30.9 Å². The highest BCUT2D eigenvalue weighted by Gasteiger charge is 2.65. The van der Waals surface area contributed by atoms with E-state index in [9.17, 15) is 9.59 Å². The van der Waals surface area contributed by atoms with Crippen molar-refractivity contribution in [1.29, 1.82) is 0 Å². The smallest absolute Gasteiger partial charge is 0.243 e. The van der Waals surface area contributed by atoms with Crippen molar-refractivity contribution in [3.8, 4) is 0 Å². The zero-order chi connectivity index (χ0) is 29.6. The minimum Gasteiger partial charge on any atom is -0.385 e. The fourth-order valence-corrected chi connectivity index (χ4v) is 8.74. The van der Waals surface area contributed by atoms with E-state index in [1.807, 2.05) is 0 Å². The van der Waals surface area contributed by atoms with Gasteiger partial charge in [-0.2, -0.15) is 0 Å². The summed E-state index contributed by atoms with van der Waals surface area (Å²) in [5.74, 6) is 3.36. The number of allylic oxidation sites excluding steroid dienone is 2. The first-order valence-corrected chi connectivity index (χ1v) is 16.7. The zero-order valence-electron chi connectivity index (χ0n) is 27.0. The van der Waals surface area contributed by atoms with Gasteiger partial charge in [0, 0.05) is 30.6 Å². The predicted octanol–water partition coefficient (Wildman–Crippen LogP) is 6.81. The highest BCUT2D eigenvalue weighted by Crippen LogP contribution is 2.61. The summed E-state index contributed by atoms with van der Waals surface area (Å²) in [4.78, 5) is 25.3. The molecule has 0 aromatic rings. The molecule has 0 aromatic carbocycles. The molecule has 5 aliphatic rings. The van der Waals surface area contributed by atoms with Crippen LogP contribution in [0.4, 0.5) is 0 Å². The van der Waals surface area contributed by atoms with E-state index in [4.69, 9.17) is 0 Å². The molecule has 7 atom stereocenters. The van der Waals surface area contributed by atoms with Crippen LogP contribution in [0.2, 0.25) is 0 Å². The number of carbonyl (C=O) groups is 2. The number of rotatable bonds is 8.